The van der Waals surface area contributed by atoms with Gasteiger partial charge in [-0.15, -0.1) is 0 Å². The molecule has 1 aliphatic heterocycles. The number of hydrogen-bond acceptors (Lipinski definition) is 4. The topological polar surface area (TPSA) is 47.0 Å². The Morgan fingerprint density at radius 3 is 2.65 bits per heavy atom. The lowest BCUT2D eigenvalue weighted by Crippen LogP contribution is -2.37. The van der Waals surface area contributed by atoms with Gasteiger partial charge in [-0.2, -0.15) is 0 Å². The predicted octanol–water partition coefficient (Wildman–Crippen LogP) is -0.535. The smallest absolute Gasteiger partial charge is 0.223 e. The third-order valence-electron chi connectivity index (χ3n) is 3.13. The van der Waals surface area contributed by atoms with Crippen molar-refractivity contribution in [2.45, 2.75) is 12.8 Å². The molecule has 5 heteroatoms. The molecular weight excluding hydrogens is 218 g/mol. The molecule has 0 aliphatic carbocycles. The summed E-state index contributed by atoms with van der Waals surface area (Å²) in [4.78, 5) is 18.2. The van der Waals surface area contributed by atoms with Gasteiger partial charge in [0.2, 0.25) is 5.91 Å². The van der Waals surface area contributed by atoms with Crippen molar-refractivity contribution in [2.75, 3.05) is 60.0 Å². The Balaban J connectivity index is 2.32. The first-order valence-electron chi connectivity index (χ1n) is 6.39. The molecule has 0 aromatic heterocycles. The second-order valence-corrected chi connectivity index (χ2v) is 4.85. The van der Waals surface area contributed by atoms with E-state index in [1.54, 1.807) is 0 Å². The molecular formula is C12H25N3O2. The second kappa shape index (κ2) is 7.63. The predicted molar refractivity (Wildman–Crippen MR) is 67.9 cm³/mol. The van der Waals surface area contributed by atoms with Gasteiger partial charge in [-0.05, 0) is 27.1 Å². The molecule has 1 rings (SSSR count). The van der Waals surface area contributed by atoms with Crippen LogP contribution in [0.2, 0.25) is 0 Å². The van der Waals surface area contributed by atoms with E-state index in [0.717, 1.165) is 45.7 Å². The van der Waals surface area contributed by atoms with Crippen LogP contribution < -0.4 is 0 Å². The number of hydrogen-bond donors (Lipinski definition) is 1. The Bertz CT molecular complexity index is 234. The molecule has 1 saturated heterocycles. The first-order chi connectivity index (χ1) is 8.13. The van der Waals surface area contributed by atoms with Crippen LogP contribution in [0.1, 0.15) is 12.8 Å². The van der Waals surface area contributed by atoms with Crippen LogP contribution in [0.4, 0.5) is 0 Å². The van der Waals surface area contributed by atoms with Crippen molar-refractivity contribution in [3.63, 3.8) is 0 Å². The van der Waals surface area contributed by atoms with Crippen LogP contribution in [-0.2, 0) is 4.79 Å². The highest BCUT2D eigenvalue weighted by atomic mass is 16.3. The molecule has 0 saturated carbocycles. The molecule has 0 radical (unpaired) electrons. The first kappa shape index (κ1) is 14.4. The van der Waals surface area contributed by atoms with E-state index in [2.05, 4.69) is 4.90 Å². The molecule has 100 valence electrons. The van der Waals surface area contributed by atoms with Gasteiger partial charge in [0.25, 0.3) is 0 Å². The summed E-state index contributed by atoms with van der Waals surface area (Å²) in [7, 11) is 3.97. The van der Waals surface area contributed by atoms with Gasteiger partial charge in [0.1, 0.15) is 0 Å². The maximum atomic E-state index is 12.0. The first-order valence-corrected chi connectivity index (χ1v) is 6.39. The summed E-state index contributed by atoms with van der Waals surface area (Å²) in [5, 5.41) is 8.90. The van der Waals surface area contributed by atoms with Crippen molar-refractivity contribution in [3.8, 4) is 0 Å². The van der Waals surface area contributed by atoms with Gasteiger partial charge in [-0.1, -0.05) is 0 Å². The van der Waals surface area contributed by atoms with E-state index in [1.165, 1.54) is 0 Å². The fraction of sp³-hybridized carbons (Fsp3) is 0.917. The van der Waals surface area contributed by atoms with E-state index in [1.807, 2.05) is 23.9 Å². The average molecular weight is 243 g/mol. The quantitative estimate of drug-likeness (QED) is 0.705. The summed E-state index contributed by atoms with van der Waals surface area (Å²) in [5.74, 6) is 0.254. The zero-order valence-corrected chi connectivity index (χ0v) is 11.1. The van der Waals surface area contributed by atoms with E-state index < -0.39 is 0 Å². The van der Waals surface area contributed by atoms with Crippen LogP contribution in [0, 0.1) is 0 Å². The molecule has 1 N–H and O–H groups in total. The van der Waals surface area contributed by atoms with E-state index >= 15 is 0 Å². The Hall–Kier alpha value is -0.650. The Morgan fingerprint density at radius 2 is 2.00 bits per heavy atom. The maximum Gasteiger partial charge on any atom is 0.223 e. The largest absolute Gasteiger partial charge is 0.395 e. The minimum atomic E-state index is 0.203. The zero-order chi connectivity index (χ0) is 12.7. The molecule has 1 heterocycles. The SMILES string of the molecule is CN(C)CCC(=O)N1CCCN(CCO)CC1. The lowest BCUT2D eigenvalue weighted by molar-refractivity contribution is -0.131. The van der Waals surface area contributed by atoms with Crippen molar-refractivity contribution in [3.05, 3.63) is 0 Å². The number of carbonyl (C=O) groups is 1. The van der Waals surface area contributed by atoms with Gasteiger partial charge in [0, 0.05) is 39.1 Å². The summed E-state index contributed by atoms with van der Waals surface area (Å²) >= 11 is 0. The van der Waals surface area contributed by atoms with Gasteiger partial charge in [-0.25, -0.2) is 0 Å². The third-order valence-corrected chi connectivity index (χ3v) is 3.13. The highest BCUT2D eigenvalue weighted by Gasteiger charge is 2.18. The molecule has 17 heavy (non-hydrogen) atoms. The Labute approximate surface area is 104 Å². The third kappa shape index (κ3) is 5.48. The van der Waals surface area contributed by atoms with Gasteiger partial charge in [0.15, 0.2) is 0 Å². The molecule has 5 nitrogen and oxygen atoms in total. The lowest BCUT2D eigenvalue weighted by atomic mass is 10.3. The van der Waals surface area contributed by atoms with E-state index in [9.17, 15) is 4.79 Å². The fourth-order valence-electron chi connectivity index (χ4n) is 2.06. The minimum absolute atomic E-state index is 0.203. The number of amides is 1. The Kier molecular flexibility index (Phi) is 6.47. The zero-order valence-electron chi connectivity index (χ0n) is 11.1. The van der Waals surface area contributed by atoms with Crippen molar-refractivity contribution in [2.24, 2.45) is 0 Å². The normalized spacial score (nSPS) is 18.5. The lowest BCUT2D eigenvalue weighted by Gasteiger charge is -2.22. The van der Waals surface area contributed by atoms with E-state index in [-0.39, 0.29) is 12.5 Å². The fourth-order valence-corrected chi connectivity index (χ4v) is 2.06. The summed E-state index contributed by atoms with van der Waals surface area (Å²) in [5.41, 5.74) is 0. The van der Waals surface area contributed by atoms with Crippen molar-refractivity contribution in [1.82, 2.24) is 14.7 Å². The molecule has 1 amide bonds. The number of carbonyl (C=O) groups excluding carboxylic acids is 1. The maximum absolute atomic E-state index is 12.0. The van der Waals surface area contributed by atoms with Crippen molar-refractivity contribution in [1.29, 1.82) is 0 Å². The van der Waals surface area contributed by atoms with Crippen LogP contribution in [0.25, 0.3) is 0 Å². The summed E-state index contributed by atoms with van der Waals surface area (Å²) in [6.07, 6.45) is 1.61. The number of aliphatic hydroxyl groups is 1. The molecule has 1 aliphatic rings. The van der Waals surface area contributed by atoms with Crippen LogP contribution in [0.5, 0.6) is 0 Å². The van der Waals surface area contributed by atoms with Gasteiger partial charge < -0.3 is 14.9 Å². The summed E-state index contributed by atoms with van der Waals surface area (Å²) in [6, 6.07) is 0. The molecule has 0 atom stereocenters. The summed E-state index contributed by atoms with van der Waals surface area (Å²) < 4.78 is 0. The van der Waals surface area contributed by atoms with Gasteiger partial charge in [-0.3, -0.25) is 9.69 Å². The van der Waals surface area contributed by atoms with E-state index in [0.29, 0.717) is 6.42 Å². The van der Waals surface area contributed by atoms with Crippen molar-refractivity contribution >= 4 is 5.91 Å². The molecule has 0 spiro atoms. The number of β-amino-alcohol motifs (C(OH)–C–C–N with tert-alkyl or cyclic N) is 1. The molecule has 0 unspecified atom stereocenters. The van der Waals surface area contributed by atoms with Gasteiger partial charge in [0.05, 0.1) is 6.61 Å². The highest BCUT2D eigenvalue weighted by molar-refractivity contribution is 5.76. The van der Waals surface area contributed by atoms with Crippen LogP contribution in [-0.4, -0.2) is 85.7 Å². The monoisotopic (exact) mass is 243 g/mol. The van der Waals surface area contributed by atoms with Crippen LogP contribution in [0.15, 0.2) is 0 Å². The van der Waals surface area contributed by atoms with Crippen LogP contribution in [0.3, 0.4) is 0 Å². The number of nitrogens with zero attached hydrogens (tertiary/aromatic N) is 3. The standard InChI is InChI=1S/C12H25N3O2/c1-13(2)7-4-12(17)15-6-3-5-14(8-9-15)10-11-16/h16H,3-11H2,1-2H3. The van der Waals surface area contributed by atoms with Crippen LogP contribution >= 0.6 is 0 Å². The molecule has 1 fully saturated rings. The highest BCUT2D eigenvalue weighted by Crippen LogP contribution is 2.04. The minimum Gasteiger partial charge on any atom is -0.395 e. The molecule has 0 bridgehead atoms. The second-order valence-electron chi connectivity index (χ2n) is 4.85. The summed E-state index contributed by atoms with van der Waals surface area (Å²) in [6.45, 7) is 5.26. The Morgan fingerprint density at radius 1 is 1.24 bits per heavy atom. The number of aliphatic hydroxyl groups excluding tert-OH is 1. The molecule has 0 aromatic carbocycles. The number of rotatable bonds is 5. The molecule has 0 aromatic rings. The van der Waals surface area contributed by atoms with E-state index in [4.69, 9.17) is 5.11 Å². The van der Waals surface area contributed by atoms with Crippen molar-refractivity contribution < 1.29 is 9.90 Å². The average Bonchev–Trinajstić information content (AvgIpc) is 2.52. The van der Waals surface area contributed by atoms with Gasteiger partial charge >= 0.3 is 0 Å².